The molecule has 0 saturated carbocycles. The Morgan fingerprint density at radius 1 is 1.10 bits per heavy atom. The van der Waals surface area contributed by atoms with Crippen LogP contribution in [0.2, 0.25) is 0 Å². The van der Waals surface area contributed by atoms with Crippen molar-refractivity contribution >= 4 is 11.6 Å². The molecule has 0 fully saturated rings. The minimum absolute atomic E-state index is 0.0150. The Labute approximate surface area is 118 Å². The molecule has 0 saturated heterocycles. The molecule has 4 nitrogen and oxygen atoms in total. The summed E-state index contributed by atoms with van der Waals surface area (Å²) < 4.78 is 7.20. The molecular formula is C16H17NO3. The summed E-state index contributed by atoms with van der Waals surface area (Å²) in [7, 11) is 1.82. The average Bonchev–Trinajstić information content (AvgIpc) is 2.90. The third-order valence-corrected chi connectivity index (χ3v) is 3.10. The minimum Gasteiger partial charge on any atom is -0.485 e. The number of aromatic nitrogens is 1. The molecule has 0 radical (unpaired) electrons. The minimum atomic E-state index is -0.0776. The van der Waals surface area contributed by atoms with E-state index >= 15 is 0 Å². The predicted molar refractivity (Wildman–Crippen MR) is 76.3 cm³/mol. The van der Waals surface area contributed by atoms with Crippen molar-refractivity contribution in [2.24, 2.45) is 7.05 Å². The zero-order chi connectivity index (χ0) is 14.5. The van der Waals surface area contributed by atoms with Crippen molar-refractivity contribution in [3.8, 4) is 5.75 Å². The molecular weight excluding hydrogens is 254 g/mol. The number of hydrogen-bond acceptors (Lipinski definition) is 3. The van der Waals surface area contributed by atoms with Crippen molar-refractivity contribution in [3.63, 3.8) is 0 Å². The van der Waals surface area contributed by atoms with E-state index in [4.69, 9.17) is 4.74 Å². The van der Waals surface area contributed by atoms with Gasteiger partial charge in [0.15, 0.2) is 12.4 Å². The smallest absolute Gasteiger partial charge is 0.216 e. The zero-order valence-corrected chi connectivity index (χ0v) is 11.6. The fraction of sp³-hybridized carbons (Fsp3) is 0.250. The van der Waals surface area contributed by atoms with E-state index in [9.17, 15) is 9.59 Å². The van der Waals surface area contributed by atoms with Gasteiger partial charge in [-0.3, -0.25) is 9.59 Å². The van der Waals surface area contributed by atoms with Crippen molar-refractivity contribution in [1.29, 1.82) is 0 Å². The number of hydrogen-bond donors (Lipinski definition) is 0. The van der Waals surface area contributed by atoms with E-state index < -0.39 is 0 Å². The third-order valence-electron chi connectivity index (χ3n) is 3.10. The Hall–Kier alpha value is -2.36. The molecule has 104 valence electrons. The van der Waals surface area contributed by atoms with Gasteiger partial charge >= 0.3 is 0 Å². The largest absolute Gasteiger partial charge is 0.485 e. The van der Waals surface area contributed by atoms with Crippen LogP contribution in [0.15, 0.2) is 42.6 Å². The van der Waals surface area contributed by atoms with Gasteiger partial charge in [-0.1, -0.05) is 6.92 Å². The monoisotopic (exact) mass is 271 g/mol. The van der Waals surface area contributed by atoms with Gasteiger partial charge in [-0.15, -0.1) is 0 Å². The highest BCUT2D eigenvalue weighted by Crippen LogP contribution is 2.14. The SMILES string of the molecule is CCC(=O)c1ccc(OCC(=O)c2cccn2C)cc1. The van der Waals surface area contributed by atoms with Crippen LogP contribution in [0.25, 0.3) is 0 Å². The summed E-state index contributed by atoms with van der Waals surface area (Å²) in [5.41, 5.74) is 1.27. The summed E-state index contributed by atoms with van der Waals surface area (Å²) in [6, 6.07) is 10.4. The summed E-state index contributed by atoms with van der Waals surface area (Å²) in [5, 5.41) is 0. The van der Waals surface area contributed by atoms with Crippen LogP contribution < -0.4 is 4.74 Å². The number of carbonyl (C=O) groups is 2. The number of ketones is 2. The third kappa shape index (κ3) is 3.15. The molecule has 2 aromatic rings. The van der Waals surface area contributed by atoms with Crippen molar-refractivity contribution < 1.29 is 14.3 Å². The second-order valence-electron chi connectivity index (χ2n) is 4.52. The maximum absolute atomic E-state index is 11.9. The van der Waals surface area contributed by atoms with Crippen LogP contribution >= 0.6 is 0 Å². The van der Waals surface area contributed by atoms with Gasteiger partial charge in [0.1, 0.15) is 5.75 Å². The molecule has 0 atom stereocenters. The maximum Gasteiger partial charge on any atom is 0.216 e. The van der Waals surface area contributed by atoms with E-state index in [1.807, 2.05) is 26.2 Å². The molecule has 0 spiro atoms. The van der Waals surface area contributed by atoms with E-state index in [1.165, 1.54) is 0 Å². The van der Waals surface area contributed by atoms with Crippen LogP contribution in [0.5, 0.6) is 5.75 Å². The van der Waals surface area contributed by atoms with Crippen molar-refractivity contribution in [1.82, 2.24) is 4.57 Å². The lowest BCUT2D eigenvalue weighted by Gasteiger charge is -2.07. The predicted octanol–water partition coefficient (Wildman–Crippen LogP) is 2.88. The van der Waals surface area contributed by atoms with Gasteiger partial charge in [0.2, 0.25) is 5.78 Å². The normalized spacial score (nSPS) is 10.3. The molecule has 0 unspecified atom stereocenters. The first-order valence-corrected chi connectivity index (χ1v) is 6.52. The molecule has 0 aliphatic carbocycles. The lowest BCUT2D eigenvalue weighted by Crippen LogP contribution is -2.14. The van der Waals surface area contributed by atoms with E-state index in [2.05, 4.69) is 0 Å². The molecule has 20 heavy (non-hydrogen) atoms. The highest BCUT2D eigenvalue weighted by molar-refractivity contribution is 5.96. The summed E-state index contributed by atoms with van der Waals surface area (Å²) >= 11 is 0. The van der Waals surface area contributed by atoms with Crippen molar-refractivity contribution in [2.45, 2.75) is 13.3 Å². The van der Waals surface area contributed by atoms with Gasteiger partial charge in [0, 0.05) is 25.2 Å². The lowest BCUT2D eigenvalue weighted by molar-refractivity contribution is 0.0912. The molecule has 0 N–H and O–H groups in total. The average molecular weight is 271 g/mol. The Bertz CT molecular complexity index is 611. The molecule has 0 aliphatic rings. The number of carbonyl (C=O) groups excluding carboxylic acids is 2. The lowest BCUT2D eigenvalue weighted by atomic mass is 10.1. The second-order valence-corrected chi connectivity index (χ2v) is 4.52. The summed E-state index contributed by atoms with van der Waals surface area (Å²) in [6.45, 7) is 1.81. The van der Waals surface area contributed by atoms with Crippen LogP contribution in [0.3, 0.4) is 0 Å². The number of ether oxygens (including phenoxy) is 1. The van der Waals surface area contributed by atoms with Gasteiger partial charge < -0.3 is 9.30 Å². The van der Waals surface area contributed by atoms with Gasteiger partial charge in [-0.2, -0.15) is 0 Å². The maximum atomic E-state index is 11.9. The van der Waals surface area contributed by atoms with E-state index in [-0.39, 0.29) is 18.2 Å². The van der Waals surface area contributed by atoms with Crippen LogP contribution in [-0.2, 0) is 7.05 Å². The second kappa shape index (κ2) is 6.19. The molecule has 2 rings (SSSR count). The summed E-state index contributed by atoms with van der Waals surface area (Å²) in [6.07, 6.45) is 2.30. The molecule has 1 heterocycles. The summed E-state index contributed by atoms with van der Waals surface area (Å²) in [4.78, 5) is 23.4. The van der Waals surface area contributed by atoms with Crippen molar-refractivity contribution in [2.75, 3.05) is 6.61 Å². The van der Waals surface area contributed by atoms with Crippen LogP contribution in [0.1, 0.15) is 34.2 Å². The van der Waals surface area contributed by atoms with Gasteiger partial charge in [0.25, 0.3) is 0 Å². The Kier molecular flexibility index (Phi) is 4.35. The first kappa shape index (κ1) is 14.1. The van der Waals surface area contributed by atoms with Crippen molar-refractivity contribution in [3.05, 3.63) is 53.9 Å². The van der Waals surface area contributed by atoms with Crippen LogP contribution in [-0.4, -0.2) is 22.7 Å². The quantitative estimate of drug-likeness (QED) is 0.759. The fourth-order valence-corrected chi connectivity index (χ4v) is 1.91. The number of rotatable bonds is 6. The van der Waals surface area contributed by atoms with Gasteiger partial charge in [-0.25, -0.2) is 0 Å². The first-order valence-electron chi connectivity index (χ1n) is 6.52. The Balaban J connectivity index is 1.96. The number of aryl methyl sites for hydroxylation is 1. The van der Waals surface area contributed by atoms with Gasteiger partial charge in [-0.05, 0) is 36.4 Å². The van der Waals surface area contributed by atoms with Crippen LogP contribution in [0, 0.1) is 0 Å². The Morgan fingerprint density at radius 3 is 2.35 bits per heavy atom. The zero-order valence-electron chi connectivity index (χ0n) is 11.6. The standard InChI is InChI=1S/C16H17NO3/c1-3-15(18)12-6-8-13(9-7-12)20-11-16(19)14-5-4-10-17(14)2/h4-10H,3,11H2,1-2H3. The topological polar surface area (TPSA) is 48.3 Å². The Morgan fingerprint density at radius 2 is 1.80 bits per heavy atom. The molecule has 1 aromatic heterocycles. The molecule has 4 heteroatoms. The van der Waals surface area contributed by atoms with E-state index in [0.717, 1.165) is 0 Å². The molecule has 1 aromatic carbocycles. The highest BCUT2D eigenvalue weighted by Gasteiger charge is 2.10. The number of nitrogens with zero attached hydrogens (tertiary/aromatic N) is 1. The molecule has 0 bridgehead atoms. The van der Waals surface area contributed by atoms with E-state index in [1.54, 1.807) is 34.9 Å². The number of Topliss-reactive ketones (excluding diaryl/α,β-unsaturated/α-hetero) is 2. The fourth-order valence-electron chi connectivity index (χ4n) is 1.91. The number of benzene rings is 1. The highest BCUT2D eigenvalue weighted by atomic mass is 16.5. The van der Waals surface area contributed by atoms with E-state index in [0.29, 0.717) is 23.4 Å². The van der Waals surface area contributed by atoms with Gasteiger partial charge in [0.05, 0.1) is 5.69 Å². The summed E-state index contributed by atoms with van der Waals surface area (Å²) in [5.74, 6) is 0.600. The molecule has 0 amide bonds. The van der Waals surface area contributed by atoms with Crippen LogP contribution in [0.4, 0.5) is 0 Å². The first-order chi connectivity index (χ1) is 9.61. The molecule has 0 aliphatic heterocycles.